The minimum atomic E-state index is -0.924. The molecule has 0 aromatic heterocycles. The van der Waals surface area contributed by atoms with E-state index in [1.54, 1.807) is 12.1 Å². The molecule has 1 rings (SSSR count). The van der Waals surface area contributed by atoms with Crippen LogP contribution in [0.2, 0.25) is 0 Å². The number of benzene rings is 1. The van der Waals surface area contributed by atoms with Gasteiger partial charge < -0.3 is 10.2 Å². The standard InChI is InChI=1S/C9H10FO2.U/c10-8-3-1-2-7(4-8)5-9(12)6-11;/h1-5,9,11-12H,6H2;/q-1;. The summed E-state index contributed by atoms with van der Waals surface area (Å²) in [6.45, 7) is -0.351. The van der Waals surface area contributed by atoms with E-state index in [-0.39, 0.29) is 43.5 Å². The topological polar surface area (TPSA) is 40.5 Å². The van der Waals surface area contributed by atoms with Gasteiger partial charge in [-0.25, -0.2) is 4.39 Å². The fourth-order valence-electron chi connectivity index (χ4n) is 0.885. The molecule has 13 heavy (non-hydrogen) atoms. The van der Waals surface area contributed by atoms with E-state index in [2.05, 4.69) is 0 Å². The fraction of sp³-hybridized carbons (Fsp3) is 0.222. The molecule has 70 valence electrons. The first-order valence-corrected chi connectivity index (χ1v) is 3.62. The van der Waals surface area contributed by atoms with Gasteiger partial charge in [-0.3, -0.25) is 0 Å². The molecule has 1 unspecified atom stereocenters. The molecule has 0 radical (unpaired) electrons. The maximum Gasteiger partial charge on any atom is 0.0678 e. The van der Waals surface area contributed by atoms with Gasteiger partial charge in [0.2, 0.25) is 0 Å². The van der Waals surface area contributed by atoms with Crippen molar-refractivity contribution in [1.82, 2.24) is 0 Å². The third kappa shape index (κ3) is 4.68. The van der Waals surface area contributed by atoms with Gasteiger partial charge in [-0.1, -0.05) is 6.07 Å². The summed E-state index contributed by atoms with van der Waals surface area (Å²) in [4.78, 5) is 0. The normalized spacial score (nSPS) is 11.6. The molecule has 0 fully saturated rings. The van der Waals surface area contributed by atoms with Crippen LogP contribution >= 0.6 is 0 Å². The summed E-state index contributed by atoms with van der Waals surface area (Å²) in [5.41, 5.74) is 0.566. The second-order valence-corrected chi connectivity index (χ2v) is 2.47. The van der Waals surface area contributed by atoms with E-state index in [1.165, 1.54) is 18.6 Å². The number of rotatable bonds is 3. The van der Waals surface area contributed by atoms with Crippen molar-refractivity contribution in [3.63, 3.8) is 0 Å². The van der Waals surface area contributed by atoms with Crippen molar-refractivity contribution in [1.29, 1.82) is 0 Å². The zero-order valence-corrected chi connectivity index (χ0v) is 11.1. The van der Waals surface area contributed by atoms with E-state index in [9.17, 15) is 4.39 Å². The number of aliphatic hydroxyl groups excluding tert-OH is 2. The molecule has 2 nitrogen and oxygen atoms in total. The predicted octanol–water partition coefficient (Wildman–Crippen LogP) is 0.731. The van der Waals surface area contributed by atoms with Crippen LogP contribution in [0.25, 0.3) is 0 Å². The quantitative estimate of drug-likeness (QED) is 0.726. The molecule has 0 amide bonds. The molecule has 0 aliphatic carbocycles. The number of halogens is 1. The Bertz CT molecular complexity index is 255. The van der Waals surface area contributed by atoms with Crippen LogP contribution in [-0.4, -0.2) is 22.9 Å². The first kappa shape index (κ1) is 13.0. The van der Waals surface area contributed by atoms with Gasteiger partial charge in [-0.2, -0.15) is 18.1 Å². The Balaban J connectivity index is 0.00000144. The average Bonchev–Trinajstić information content (AvgIpc) is 2.04. The summed E-state index contributed by atoms with van der Waals surface area (Å²) in [5, 5.41) is 17.5. The summed E-state index contributed by atoms with van der Waals surface area (Å²) in [7, 11) is 0. The van der Waals surface area contributed by atoms with E-state index < -0.39 is 6.10 Å². The fourth-order valence-corrected chi connectivity index (χ4v) is 0.885. The smallest absolute Gasteiger partial charge is 0.0678 e. The second-order valence-electron chi connectivity index (χ2n) is 2.47. The SMILES string of the molecule is OCC(O)[CH-]c1cccc(F)c1.[U]. The first-order valence-electron chi connectivity index (χ1n) is 3.62. The molecule has 2 N–H and O–H groups in total. The van der Waals surface area contributed by atoms with Gasteiger partial charge in [0.15, 0.2) is 0 Å². The summed E-state index contributed by atoms with van der Waals surface area (Å²) < 4.78 is 12.6. The van der Waals surface area contributed by atoms with Gasteiger partial charge in [-0.15, -0.1) is 12.1 Å². The van der Waals surface area contributed by atoms with Gasteiger partial charge in [0.1, 0.15) is 0 Å². The summed E-state index contributed by atoms with van der Waals surface area (Å²) in [6, 6.07) is 5.81. The van der Waals surface area contributed by atoms with Crippen LogP contribution in [0.1, 0.15) is 5.56 Å². The van der Waals surface area contributed by atoms with E-state index in [0.29, 0.717) is 5.56 Å². The van der Waals surface area contributed by atoms with Crippen LogP contribution in [0.5, 0.6) is 0 Å². The average molecular weight is 407 g/mol. The molecule has 1 aromatic carbocycles. The third-order valence-electron chi connectivity index (χ3n) is 1.42. The van der Waals surface area contributed by atoms with Crippen molar-refractivity contribution in [2.45, 2.75) is 6.10 Å². The van der Waals surface area contributed by atoms with Crippen molar-refractivity contribution in [3.8, 4) is 0 Å². The van der Waals surface area contributed by atoms with E-state index in [0.717, 1.165) is 0 Å². The largest absolute Gasteiger partial charge is 0.399 e. The Labute approximate surface area is 100 Å². The molecule has 1 aromatic rings. The maximum atomic E-state index is 12.6. The van der Waals surface area contributed by atoms with Crippen LogP contribution < -0.4 is 0 Å². The molecular weight excluding hydrogens is 397 g/mol. The third-order valence-corrected chi connectivity index (χ3v) is 1.42. The molecular formula is C9H10FO2U-. The van der Waals surface area contributed by atoms with Crippen LogP contribution in [-0.2, 0) is 0 Å². The van der Waals surface area contributed by atoms with Gasteiger partial charge in [0.05, 0.1) is 18.5 Å². The summed E-state index contributed by atoms with van der Waals surface area (Å²) >= 11 is 0. The number of aliphatic hydroxyl groups is 2. The molecule has 0 saturated heterocycles. The molecule has 0 aliphatic rings. The van der Waals surface area contributed by atoms with Gasteiger partial charge in [-0.05, 0) is 0 Å². The van der Waals surface area contributed by atoms with Gasteiger partial charge >= 0.3 is 0 Å². The van der Waals surface area contributed by atoms with Crippen LogP contribution in [0.15, 0.2) is 24.3 Å². The molecule has 4 heteroatoms. The van der Waals surface area contributed by atoms with Crippen LogP contribution in [0.3, 0.4) is 0 Å². The van der Waals surface area contributed by atoms with Crippen molar-refractivity contribution < 1.29 is 45.7 Å². The van der Waals surface area contributed by atoms with E-state index in [4.69, 9.17) is 10.2 Å². The second kappa shape index (κ2) is 6.45. The zero-order valence-electron chi connectivity index (χ0n) is 6.94. The van der Waals surface area contributed by atoms with Crippen LogP contribution in [0, 0.1) is 43.4 Å². The van der Waals surface area contributed by atoms with Crippen molar-refractivity contribution >= 4 is 0 Å². The molecule has 0 saturated carbocycles. The van der Waals surface area contributed by atoms with E-state index in [1.807, 2.05) is 0 Å². The minimum absolute atomic E-state index is 0. The Kier molecular flexibility index (Phi) is 6.44. The molecule has 1 atom stereocenters. The molecule has 0 bridgehead atoms. The van der Waals surface area contributed by atoms with Crippen molar-refractivity contribution in [3.05, 3.63) is 42.1 Å². The van der Waals surface area contributed by atoms with Crippen LogP contribution in [0.4, 0.5) is 4.39 Å². The van der Waals surface area contributed by atoms with Gasteiger partial charge in [0, 0.05) is 31.1 Å². The molecule has 0 aliphatic heterocycles. The Morgan fingerprint density at radius 1 is 1.46 bits per heavy atom. The Morgan fingerprint density at radius 2 is 2.15 bits per heavy atom. The zero-order chi connectivity index (χ0) is 8.97. The summed E-state index contributed by atoms with van der Waals surface area (Å²) in [5.74, 6) is -0.353. The minimum Gasteiger partial charge on any atom is -0.399 e. The maximum absolute atomic E-state index is 12.6. The number of hydrogen-bond acceptors (Lipinski definition) is 2. The van der Waals surface area contributed by atoms with Gasteiger partial charge in [0.25, 0.3) is 0 Å². The molecule has 0 spiro atoms. The Hall–Kier alpha value is -0.00805. The first-order chi connectivity index (χ1) is 5.72. The van der Waals surface area contributed by atoms with Crippen molar-refractivity contribution in [2.24, 2.45) is 0 Å². The van der Waals surface area contributed by atoms with Crippen molar-refractivity contribution in [2.75, 3.05) is 6.61 Å². The predicted molar refractivity (Wildman–Crippen MR) is 42.9 cm³/mol. The number of hydrogen-bond donors (Lipinski definition) is 2. The Morgan fingerprint density at radius 3 is 2.69 bits per heavy atom. The molecule has 0 heterocycles. The monoisotopic (exact) mass is 407 g/mol. The summed E-state index contributed by atoms with van der Waals surface area (Å²) in [6.07, 6.45) is 0.468. The van der Waals surface area contributed by atoms with E-state index >= 15 is 0 Å².